The van der Waals surface area contributed by atoms with Gasteiger partial charge in [0.2, 0.25) is 23.6 Å². The monoisotopic (exact) mass is 721 g/mol. The molecular weight excluding hydrogens is 675 g/mol. The van der Waals surface area contributed by atoms with Crippen molar-refractivity contribution in [1.82, 2.24) is 21.3 Å². The lowest BCUT2D eigenvalue weighted by Crippen LogP contribution is -2.57. The van der Waals surface area contributed by atoms with Crippen LogP contribution in [0.3, 0.4) is 0 Å². The number of rotatable bonds is 19. The number of carbonyl (C=O) groups is 4. The SMILES string of the molecule is NC(N)=NCCC[C@@H](NC(=O)[C@H](CS)NC(=O)Cc1ccc(-c2ccccc2)cc1)C(=O)N[C@@H](Cc1ccccc1)C(=O)NCCc1ccccc1. The number of aliphatic imine (C=N–C) groups is 1. The molecule has 3 atom stereocenters. The summed E-state index contributed by atoms with van der Waals surface area (Å²) >= 11 is 4.31. The van der Waals surface area contributed by atoms with Gasteiger partial charge in [-0.05, 0) is 47.1 Å². The Morgan fingerprint density at radius 2 is 1.17 bits per heavy atom. The molecule has 4 amide bonds. The minimum atomic E-state index is -1.05. The van der Waals surface area contributed by atoms with E-state index in [9.17, 15) is 19.2 Å². The molecule has 0 aliphatic carbocycles. The average Bonchev–Trinajstić information content (AvgIpc) is 3.16. The van der Waals surface area contributed by atoms with Gasteiger partial charge in [0.05, 0.1) is 6.42 Å². The molecule has 0 aliphatic heterocycles. The molecule has 12 heteroatoms. The highest BCUT2D eigenvalue weighted by molar-refractivity contribution is 7.80. The highest BCUT2D eigenvalue weighted by atomic mass is 32.1. The van der Waals surface area contributed by atoms with Crippen LogP contribution in [0.15, 0.2) is 120 Å². The third-order valence-corrected chi connectivity index (χ3v) is 8.67. The second-order valence-electron chi connectivity index (χ2n) is 12.3. The van der Waals surface area contributed by atoms with E-state index in [2.05, 4.69) is 38.9 Å². The Balaban J connectivity index is 1.41. The van der Waals surface area contributed by atoms with Gasteiger partial charge in [0, 0.05) is 25.3 Å². The highest BCUT2D eigenvalue weighted by Gasteiger charge is 2.29. The van der Waals surface area contributed by atoms with Gasteiger partial charge in [-0.3, -0.25) is 24.2 Å². The number of nitrogens with zero attached hydrogens (tertiary/aromatic N) is 1. The second kappa shape index (κ2) is 20.9. The van der Waals surface area contributed by atoms with Crippen LogP contribution in [0.4, 0.5) is 0 Å². The van der Waals surface area contributed by atoms with Gasteiger partial charge in [-0.15, -0.1) is 0 Å². The van der Waals surface area contributed by atoms with Crippen LogP contribution in [0.5, 0.6) is 0 Å². The van der Waals surface area contributed by atoms with Crippen molar-refractivity contribution < 1.29 is 19.2 Å². The Morgan fingerprint density at radius 1 is 0.615 bits per heavy atom. The maximum atomic E-state index is 13.8. The van der Waals surface area contributed by atoms with Crippen LogP contribution in [0.25, 0.3) is 11.1 Å². The normalized spacial score (nSPS) is 12.4. The molecule has 0 heterocycles. The Bertz CT molecular complexity index is 1750. The first kappa shape index (κ1) is 39.2. The van der Waals surface area contributed by atoms with E-state index in [4.69, 9.17) is 11.5 Å². The van der Waals surface area contributed by atoms with E-state index in [-0.39, 0.29) is 49.3 Å². The van der Waals surface area contributed by atoms with Gasteiger partial charge in [0.15, 0.2) is 5.96 Å². The summed E-state index contributed by atoms with van der Waals surface area (Å²) in [7, 11) is 0. The van der Waals surface area contributed by atoms with Crippen molar-refractivity contribution in [3.8, 4) is 11.1 Å². The van der Waals surface area contributed by atoms with Crippen LogP contribution >= 0.6 is 12.6 Å². The summed E-state index contributed by atoms with van der Waals surface area (Å²) in [4.78, 5) is 57.8. The van der Waals surface area contributed by atoms with Crippen LogP contribution in [0.1, 0.15) is 29.5 Å². The molecule has 4 rings (SSSR count). The van der Waals surface area contributed by atoms with Crippen LogP contribution in [-0.4, -0.2) is 66.6 Å². The second-order valence-corrected chi connectivity index (χ2v) is 12.7. The molecule has 8 N–H and O–H groups in total. The predicted molar refractivity (Wildman–Crippen MR) is 208 cm³/mol. The maximum absolute atomic E-state index is 13.8. The zero-order valence-corrected chi connectivity index (χ0v) is 29.9. The lowest BCUT2D eigenvalue weighted by molar-refractivity contribution is -0.133. The molecule has 4 aromatic carbocycles. The summed E-state index contributed by atoms with van der Waals surface area (Å²) in [6.07, 6.45) is 1.44. The Labute approximate surface area is 310 Å². The van der Waals surface area contributed by atoms with E-state index < -0.39 is 29.9 Å². The number of nitrogens with two attached hydrogens (primary N) is 2. The largest absolute Gasteiger partial charge is 0.370 e. The first-order valence-corrected chi connectivity index (χ1v) is 17.9. The van der Waals surface area contributed by atoms with Gasteiger partial charge in [-0.1, -0.05) is 115 Å². The van der Waals surface area contributed by atoms with E-state index >= 15 is 0 Å². The minimum Gasteiger partial charge on any atom is -0.370 e. The van der Waals surface area contributed by atoms with Crippen molar-refractivity contribution in [2.45, 2.75) is 50.2 Å². The molecule has 0 radical (unpaired) electrons. The third kappa shape index (κ3) is 13.3. The van der Waals surface area contributed by atoms with Crippen LogP contribution in [0, 0.1) is 0 Å². The van der Waals surface area contributed by atoms with E-state index in [1.165, 1.54) is 0 Å². The molecule has 0 fully saturated rings. The molecule has 0 aromatic heterocycles. The van der Waals surface area contributed by atoms with E-state index in [1.54, 1.807) is 0 Å². The Morgan fingerprint density at radius 3 is 1.79 bits per heavy atom. The molecular formula is C40H47N7O4S. The van der Waals surface area contributed by atoms with Gasteiger partial charge >= 0.3 is 0 Å². The maximum Gasteiger partial charge on any atom is 0.244 e. The van der Waals surface area contributed by atoms with Crippen molar-refractivity contribution >= 4 is 42.2 Å². The third-order valence-electron chi connectivity index (χ3n) is 8.31. The molecule has 52 heavy (non-hydrogen) atoms. The molecule has 0 unspecified atom stereocenters. The molecule has 0 saturated heterocycles. The predicted octanol–water partition coefficient (Wildman–Crippen LogP) is 2.94. The number of thiol groups is 1. The number of hydrogen-bond donors (Lipinski definition) is 7. The summed E-state index contributed by atoms with van der Waals surface area (Å²) in [6, 6.07) is 33.7. The molecule has 0 saturated carbocycles. The van der Waals surface area contributed by atoms with Gasteiger partial charge in [0.25, 0.3) is 0 Å². The molecule has 4 aromatic rings. The molecule has 272 valence electrons. The summed E-state index contributed by atoms with van der Waals surface area (Å²) in [5.74, 6) is -1.96. The van der Waals surface area contributed by atoms with Crippen LogP contribution in [0.2, 0.25) is 0 Å². The van der Waals surface area contributed by atoms with E-state index in [1.807, 2.05) is 115 Å². The number of amides is 4. The number of carbonyl (C=O) groups excluding carboxylic acids is 4. The molecule has 0 aliphatic rings. The zero-order chi connectivity index (χ0) is 37.1. The summed E-state index contributed by atoms with van der Waals surface area (Å²) in [5.41, 5.74) is 15.8. The highest BCUT2D eigenvalue weighted by Crippen LogP contribution is 2.19. The fourth-order valence-electron chi connectivity index (χ4n) is 5.54. The van der Waals surface area contributed by atoms with E-state index in [0.717, 1.165) is 27.8 Å². The number of nitrogens with one attached hydrogen (secondary N) is 4. The van der Waals surface area contributed by atoms with Gasteiger partial charge in [0.1, 0.15) is 18.1 Å². The van der Waals surface area contributed by atoms with Crippen molar-refractivity contribution in [3.05, 3.63) is 132 Å². The first-order valence-electron chi connectivity index (χ1n) is 17.3. The van der Waals surface area contributed by atoms with Crippen molar-refractivity contribution in [3.63, 3.8) is 0 Å². The minimum absolute atomic E-state index is 0.00664. The van der Waals surface area contributed by atoms with Crippen molar-refractivity contribution in [2.24, 2.45) is 16.5 Å². The van der Waals surface area contributed by atoms with Crippen LogP contribution in [-0.2, 0) is 38.4 Å². The standard InChI is InChI=1S/C40H47N7O4S/c41-40(42)44-23-10-17-33(38(50)47-34(25-29-13-6-2-7-14-29)37(49)43-24-22-28-11-4-1-5-12-28)46-39(51)35(27-52)45-36(48)26-30-18-20-32(21-19-30)31-15-8-3-9-16-31/h1-9,11-16,18-21,33-35,52H,10,17,22-27H2,(H,43,49)(H,45,48)(H,46,51)(H,47,50)(H4,41,42,44)/t33-,34+,35+/m1/s1. The fraction of sp³-hybridized carbons (Fsp3) is 0.275. The van der Waals surface area contributed by atoms with Crippen molar-refractivity contribution in [2.75, 3.05) is 18.8 Å². The fourth-order valence-corrected chi connectivity index (χ4v) is 5.80. The molecule has 11 nitrogen and oxygen atoms in total. The average molecular weight is 722 g/mol. The number of hydrogen-bond acceptors (Lipinski definition) is 6. The van der Waals surface area contributed by atoms with Gasteiger partial charge < -0.3 is 32.7 Å². The Hall–Kier alpha value is -5.62. The Kier molecular flexibility index (Phi) is 15.8. The molecule has 0 spiro atoms. The smallest absolute Gasteiger partial charge is 0.244 e. The van der Waals surface area contributed by atoms with Gasteiger partial charge in [-0.25, -0.2) is 0 Å². The summed E-state index contributed by atoms with van der Waals surface area (Å²) < 4.78 is 0. The van der Waals surface area contributed by atoms with Crippen LogP contribution < -0.4 is 32.7 Å². The first-order chi connectivity index (χ1) is 25.2. The topological polar surface area (TPSA) is 181 Å². The quantitative estimate of drug-likeness (QED) is 0.0339. The molecule has 0 bridgehead atoms. The lowest BCUT2D eigenvalue weighted by atomic mass is 10.0. The number of benzene rings is 4. The van der Waals surface area contributed by atoms with Gasteiger partial charge in [-0.2, -0.15) is 12.6 Å². The number of guanidine groups is 1. The lowest BCUT2D eigenvalue weighted by Gasteiger charge is -2.25. The zero-order valence-electron chi connectivity index (χ0n) is 29.0. The van der Waals surface area contributed by atoms with Crippen molar-refractivity contribution in [1.29, 1.82) is 0 Å². The summed E-state index contributed by atoms with van der Waals surface area (Å²) in [5, 5.41) is 11.3. The summed E-state index contributed by atoms with van der Waals surface area (Å²) in [6.45, 7) is 0.606. The van der Waals surface area contributed by atoms with E-state index in [0.29, 0.717) is 19.4 Å².